The number of carbonyl (C=O) groups excluding carboxylic acids is 1. The molecule has 5 nitrogen and oxygen atoms in total. The van der Waals surface area contributed by atoms with Crippen molar-refractivity contribution in [2.24, 2.45) is 11.8 Å². The molecule has 31 heavy (non-hydrogen) atoms. The summed E-state index contributed by atoms with van der Waals surface area (Å²) in [7, 11) is 0. The monoisotopic (exact) mass is 426 g/mol. The zero-order chi connectivity index (χ0) is 22.2. The summed E-state index contributed by atoms with van der Waals surface area (Å²) in [6.07, 6.45) is 0.339. The van der Waals surface area contributed by atoms with Gasteiger partial charge in [-0.05, 0) is 81.8 Å². The van der Waals surface area contributed by atoms with Crippen molar-refractivity contribution in [1.82, 2.24) is 4.90 Å². The number of hydrogen-bond donors (Lipinski definition) is 2. The van der Waals surface area contributed by atoms with Gasteiger partial charge in [0.1, 0.15) is 23.2 Å². The molecule has 2 aromatic carbocycles. The topological polar surface area (TPSA) is 61.8 Å². The number of anilines is 1. The lowest BCUT2D eigenvalue weighted by Crippen LogP contribution is -2.49. The Hall–Kier alpha value is -2.60. The second kappa shape index (κ2) is 8.50. The third-order valence-electron chi connectivity index (χ3n) is 6.52. The first-order valence-electron chi connectivity index (χ1n) is 11.0. The molecule has 2 N–H and O–H groups in total. The van der Waals surface area contributed by atoms with Crippen LogP contribution in [0.5, 0.6) is 5.75 Å². The molecule has 6 heteroatoms. The van der Waals surface area contributed by atoms with Gasteiger partial charge in [-0.1, -0.05) is 17.7 Å². The molecule has 166 valence electrons. The largest absolute Gasteiger partial charge is 0.488 e. The molecule has 4 atom stereocenters. The lowest BCUT2D eigenvalue weighted by molar-refractivity contribution is -0.134. The van der Waals surface area contributed by atoms with Gasteiger partial charge in [-0.15, -0.1) is 0 Å². The van der Waals surface area contributed by atoms with Crippen LogP contribution in [0.15, 0.2) is 48.5 Å². The van der Waals surface area contributed by atoms with E-state index >= 15 is 0 Å². The predicted molar refractivity (Wildman–Crippen MR) is 118 cm³/mol. The predicted octanol–water partition coefficient (Wildman–Crippen LogP) is 4.00. The molecule has 1 aliphatic heterocycles. The molecule has 0 spiro atoms. The summed E-state index contributed by atoms with van der Waals surface area (Å²) in [5.74, 6) is 0.852. The van der Waals surface area contributed by atoms with Crippen molar-refractivity contribution < 1.29 is 19.0 Å². The Balaban J connectivity index is 1.38. The van der Waals surface area contributed by atoms with E-state index in [9.17, 15) is 14.3 Å². The molecule has 1 saturated carbocycles. The molecule has 2 aliphatic rings. The van der Waals surface area contributed by atoms with Crippen LogP contribution < -0.4 is 10.1 Å². The second-order valence-corrected chi connectivity index (χ2v) is 9.50. The number of benzene rings is 2. The zero-order valence-electron chi connectivity index (χ0n) is 18.3. The molecule has 0 bridgehead atoms. The number of ether oxygens (including phenoxy) is 1. The maximum atomic E-state index is 13.3. The van der Waals surface area contributed by atoms with Crippen molar-refractivity contribution in [3.8, 4) is 5.75 Å². The highest BCUT2D eigenvalue weighted by Crippen LogP contribution is 2.39. The van der Waals surface area contributed by atoms with Crippen LogP contribution in [0.25, 0.3) is 0 Å². The lowest BCUT2D eigenvalue weighted by Gasteiger charge is -2.35. The van der Waals surface area contributed by atoms with Crippen molar-refractivity contribution in [3.63, 3.8) is 0 Å². The fraction of sp³-hybridized carbons (Fsp3) is 0.480. The van der Waals surface area contributed by atoms with Crippen LogP contribution >= 0.6 is 0 Å². The first kappa shape index (κ1) is 21.6. The molecular weight excluding hydrogens is 395 g/mol. The lowest BCUT2D eigenvalue weighted by atomic mass is 9.78. The third-order valence-corrected chi connectivity index (χ3v) is 6.52. The number of fused-ring (bicyclic) bond motifs is 1. The van der Waals surface area contributed by atoms with Gasteiger partial charge in [0.05, 0.1) is 6.10 Å². The van der Waals surface area contributed by atoms with E-state index in [-0.39, 0.29) is 29.7 Å². The highest BCUT2D eigenvalue weighted by molar-refractivity contribution is 5.88. The number of rotatable bonds is 5. The average molecular weight is 427 g/mol. The van der Waals surface area contributed by atoms with Crippen molar-refractivity contribution >= 4 is 11.6 Å². The fourth-order valence-corrected chi connectivity index (χ4v) is 4.82. The molecule has 0 aromatic heterocycles. The summed E-state index contributed by atoms with van der Waals surface area (Å²) in [5.41, 5.74) is 1.36. The van der Waals surface area contributed by atoms with Gasteiger partial charge in [0.15, 0.2) is 0 Å². The van der Waals surface area contributed by atoms with E-state index in [0.717, 1.165) is 5.69 Å². The van der Waals surface area contributed by atoms with Crippen LogP contribution in [0.3, 0.4) is 0 Å². The minimum absolute atomic E-state index is 0.0629. The Morgan fingerprint density at radius 2 is 1.68 bits per heavy atom. The Kier molecular flexibility index (Phi) is 5.93. The maximum Gasteiger partial charge on any atom is 0.247 e. The molecule has 2 aromatic rings. The molecule has 1 heterocycles. The van der Waals surface area contributed by atoms with Gasteiger partial charge in [-0.3, -0.25) is 4.79 Å². The van der Waals surface area contributed by atoms with Crippen molar-refractivity contribution in [2.45, 2.75) is 51.4 Å². The quantitative estimate of drug-likeness (QED) is 0.759. The van der Waals surface area contributed by atoms with Crippen LogP contribution in [-0.2, 0) is 4.79 Å². The molecule has 0 unspecified atom stereocenters. The molecule has 1 aliphatic carbocycles. The number of aliphatic hydroxyl groups excluding tert-OH is 1. The Labute approximate surface area is 183 Å². The van der Waals surface area contributed by atoms with E-state index in [0.29, 0.717) is 31.7 Å². The van der Waals surface area contributed by atoms with E-state index in [4.69, 9.17) is 4.74 Å². The standard InChI is InChI=1S/C25H31FN2O3/c1-16-4-8-20(9-5-16)27-25(2,3)24(30)28-14-17-12-22(29)23(13-18(17)15-28)31-21-10-6-19(26)7-11-21/h4-11,17-18,22-23,27,29H,12-15H2,1-3H3/t17-,18+,22+,23+/m0/s1. The van der Waals surface area contributed by atoms with Crippen molar-refractivity contribution in [3.05, 3.63) is 59.9 Å². The fourth-order valence-electron chi connectivity index (χ4n) is 4.82. The van der Waals surface area contributed by atoms with Gasteiger partial charge in [0, 0.05) is 18.8 Å². The van der Waals surface area contributed by atoms with Gasteiger partial charge in [0.2, 0.25) is 5.91 Å². The van der Waals surface area contributed by atoms with Crippen molar-refractivity contribution in [1.29, 1.82) is 0 Å². The number of nitrogens with zero attached hydrogens (tertiary/aromatic N) is 1. The number of aliphatic hydroxyl groups is 1. The molecule has 4 rings (SSSR count). The summed E-state index contributed by atoms with van der Waals surface area (Å²) in [6.45, 7) is 7.17. The highest BCUT2D eigenvalue weighted by Gasteiger charge is 2.46. The molecule has 2 fully saturated rings. The van der Waals surface area contributed by atoms with E-state index in [1.807, 2.05) is 49.9 Å². The smallest absolute Gasteiger partial charge is 0.247 e. The number of likely N-dealkylation sites (tertiary alicyclic amines) is 1. The molecule has 1 saturated heterocycles. The number of amides is 1. The summed E-state index contributed by atoms with van der Waals surface area (Å²) >= 11 is 0. The minimum atomic E-state index is -0.731. The number of aryl methyl sites for hydroxylation is 1. The summed E-state index contributed by atoms with van der Waals surface area (Å²) in [4.78, 5) is 15.2. The SMILES string of the molecule is Cc1ccc(NC(C)(C)C(=O)N2C[C@H]3C[C@@H](Oc4ccc(F)cc4)[C@H](O)C[C@H]3C2)cc1. The van der Waals surface area contributed by atoms with Gasteiger partial charge >= 0.3 is 0 Å². The van der Waals surface area contributed by atoms with Crippen LogP contribution in [0, 0.1) is 24.6 Å². The first-order valence-corrected chi connectivity index (χ1v) is 11.0. The van der Waals surface area contributed by atoms with Gasteiger partial charge in [-0.2, -0.15) is 0 Å². The number of nitrogens with one attached hydrogen (secondary N) is 1. The van der Waals surface area contributed by atoms with E-state index in [1.165, 1.54) is 17.7 Å². The normalized spacial score (nSPS) is 25.8. The first-order chi connectivity index (χ1) is 14.7. The van der Waals surface area contributed by atoms with E-state index in [2.05, 4.69) is 5.32 Å². The Morgan fingerprint density at radius 3 is 2.32 bits per heavy atom. The van der Waals surface area contributed by atoms with Crippen LogP contribution in [-0.4, -0.2) is 46.7 Å². The van der Waals surface area contributed by atoms with Crippen molar-refractivity contribution in [2.75, 3.05) is 18.4 Å². The van der Waals surface area contributed by atoms with Crippen LogP contribution in [0.2, 0.25) is 0 Å². The Bertz CT molecular complexity index is 913. The summed E-state index contributed by atoms with van der Waals surface area (Å²) in [6, 6.07) is 13.9. The Morgan fingerprint density at radius 1 is 1.06 bits per heavy atom. The average Bonchev–Trinajstić information content (AvgIpc) is 3.13. The maximum absolute atomic E-state index is 13.3. The van der Waals surface area contributed by atoms with Crippen LogP contribution in [0.1, 0.15) is 32.3 Å². The molecule has 1 amide bonds. The third kappa shape index (κ3) is 4.85. The number of hydrogen-bond acceptors (Lipinski definition) is 4. The molecular formula is C25H31FN2O3. The number of halogens is 1. The van der Waals surface area contributed by atoms with Gasteiger partial charge in [-0.25, -0.2) is 4.39 Å². The minimum Gasteiger partial charge on any atom is -0.488 e. The van der Waals surface area contributed by atoms with Crippen LogP contribution in [0.4, 0.5) is 10.1 Å². The van der Waals surface area contributed by atoms with E-state index < -0.39 is 11.6 Å². The van der Waals surface area contributed by atoms with Gasteiger partial charge < -0.3 is 20.1 Å². The summed E-state index contributed by atoms with van der Waals surface area (Å²) < 4.78 is 19.1. The second-order valence-electron chi connectivity index (χ2n) is 9.50. The number of carbonyl (C=O) groups is 1. The van der Waals surface area contributed by atoms with E-state index in [1.54, 1.807) is 12.1 Å². The zero-order valence-corrected chi connectivity index (χ0v) is 18.3. The van der Waals surface area contributed by atoms with Gasteiger partial charge in [0.25, 0.3) is 0 Å². The summed E-state index contributed by atoms with van der Waals surface area (Å²) in [5, 5.41) is 14.0. The highest BCUT2D eigenvalue weighted by atomic mass is 19.1. The molecule has 0 radical (unpaired) electrons.